The van der Waals surface area contributed by atoms with Gasteiger partial charge in [0.25, 0.3) is 10.1 Å². The van der Waals surface area contributed by atoms with Gasteiger partial charge in [0.2, 0.25) is 10.7 Å². The van der Waals surface area contributed by atoms with Crippen molar-refractivity contribution in [3.63, 3.8) is 0 Å². The summed E-state index contributed by atoms with van der Waals surface area (Å²) in [6.45, 7) is 3.85. The van der Waals surface area contributed by atoms with Crippen LogP contribution in [0.15, 0.2) is 0 Å². The summed E-state index contributed by atoms with van der Waals surface area (Å²) >= 11 is 0. The molecule has 0 aromatic carbocycles. The molecule has 7 nitrogen and oxygen atoms in total. The summed E-state index contributed by atoms with van der Waals surface area (Å²) in [6.07, 6.45) is 1.65. The van der Waals surface area contributed by atoms with Crippen LogP contribution in [0.1, 0.15) is 52.4 Å². The number of rotatable bonds is 10. The molecule has 0 radical (unpaired) electrons. The van der Waals surface area contributed by atoms with Gasteiger partial charge in [0, 0.05) is 6.54 Å². The van der Waals surface area contributed by atoms with E-state index in [1.807, 2.05) is 6.92 Å². The number of carbonyl (C=O) groups excluding carboxylic acids is 1. The summed E-state index contributed by atoms with van der Waals surface area (Å²) in [5.41, 5.74) is 0. The average molecular weight is 309 g/mol. The molecule has 0 heterocycles. The van der Waals surface area contributed by atoms with Gasteiger partial charge >= 0.3 is 5.97 Å². The highest BCUT2D eigenvalue weighted by atomic mass is 32.2. The van der Waals surface area contributed by atoms with Gasteiger partial charge in [-0.2, -0.15) is 8.42 Å². The molecule has 0 aromatic heterocycles. The fourth-order valence-electron chi connectivity index (χ4n) is 1.96. The minimum Gasteiger partial charge on any atom is -0.480 e. The Bertz CT molecular complexity index is 433. The number of aliphatic carboxylic acids is 1. The van der Waals surface area contributed by atoms with Crippen molar-refractivity contribution < 1.29 is 27.7 Å². The van der Waals surface area contributed by atoms with Crippen LogP contribution in [-0.4, -0.2) is 41.2 Å². The normalized spacial score (nSPS) is 14.6. The molecule has 0 aromatic rings. The first-order chi connectivity index (χ1) is 9.21. The number of nitrogens with one attached hydrogen (secondary N) is 1. The van der Waals surface area contributed by atoms with E-state index < -0.39 is 33.2 Å². The molecule has 0 spiro atoms. The molecular formula is C12H23NO6S. The maximum atomic E-state index is 11.5. The largest absolute Gasteiger partial charge is 0.480 e. The highest BCUT2D eigenvalue weighted by Gasteiger charge is 2.51. The van der Waals surface area contributed by atoms with E-state index >= 15 is 0 Å². The zero-order valence-corrected chi connectivity index (χ0v) is 12.7. The molecule has 0 aliphatic carbocycles. The van der Waals surface area contributed by atoms with Crippen LogP contribution >= 0.6 is 0 Å². The molecule has 3 N–H and O–H groups in total. The van der Waals surface area contributed by atoms with Crippen molar-refractivity contribution in [2.24, 2.45) is 0 Å². The number of amides is 1. The van der Waals surface area contributed by atoms with Gasteiger partial charge in [-0.25, -0.2) is 0 Å². The summed E-state index contributed by atoms with van der Waals surface area (Å²) in [5.74, 6) is -2.40. The van der Waals surface area contributed by atoms with E-state index in [-0.39, 0.29) is 13.0 Å². The Balaban J connectivity index is 5.18. The number of unbranched alkanes of at least 4 members (excludes halogenated alkanes) is 3. The Kier molecular flexibility index (Phi) is 7.74. The van der Waals surface area contributed by atoms with Gasteiger partial charge in [0.1, 0.15) is 0 Å². The van der Waals surface area contributed by atoms with E-state index in [1.165, 1.54) is 0 Å². The Labute approximate surface area is 119 Å². The van der Waals surface area contributed by atoms with Crippen molar-refractivity contribution in [1.29, 1.82) is 0 Å². The Morgan fingerprint density at radius 1 is 1.15 bits per heavy atom. The monoisotopic (exact) mass is 309 g/mol. The van der Waals surface area contributed by atoms with E-state index in [4.69, 9.17) is 0 Å². The SMILES string of the molecule is CCCCCCC(CC(=O)NCC)(C(=O)O)S(=O)(=O)O. The van der Waals surface area contributed by atoms with E-state index in [0.717, 1.165) is 12.8 Å². The Morgan fingerprint density at radius 2 is 1.75 bits per heavy atom. The van der Waals surface area contributed by atoms with Gasteiger partial charge in [-0.05, 0) is 13.3 Å². The van der Waals surface area contributed by atoms with Gasteiger partial charge in [-0.15, -0.1) is 0 Å². The van der Waals surface area contributed by atoms with Gasteiger partial charge < -0.3 is 10.4 Å². The molecule has 1 unspecified atom stereocenters. The minimum atomic E-state index is -4.89. The number of carboxylic acids is 1. The number of hydrogen-bond donors (Lipinski definition) is 3. The third-order valence-electron chi connectivity index (χ3n) is 3.14. The molecule has 20 heavy (non-hydrogen) atoms. The predicted octanol–water partition coefficient (Wildman–Crippen LogP) is 1.19. The van der Waals surface area contributed by atoms with Gasteiger partial charge in [-0.3, -0.25) is 14.1 Å². The van der Waals surface area contributed by atoms with Crippen molar-refractivity contribution >= 4 is 22.0 Å². The second-order valence-electron chi connectivity index (χ2n) is 4.72. The van der Waals surface area contributed by atoms with Crippen LogP contribution in [-0.2, 0) is 19.7 Å². The van der Waals surface area contributed by atoms with Crippen LogP contribution in [0.25, 0.3) is 0 Å². The van der Waals surface area contributed by atoms with Crippen LogP contribution in [0.5, 0.6) is 0 Å². The molecule has 0 saturated heterocycles. The van der Waals surface area contributed by atoms with E-state index in [1.54, 1.807) is 6.92 Å². The van der Waals surface area contributed by atoms with Crippen LogP contribution in [0.3, 0.4) is 0 Å². The highest BCUT2D eigenvalue weighted by molar-refractivity contribution is 7.88. The lowest BCUT2D eigenvalue weighted by molar-refractivity contribution is -0.142. The maximum absolute atomic E-state index is 11.5. The smallest absolute Gasteiger partial charge is 0.328 e. The first-order valence-electron chi connectivity index (χ1n) is 6.68. The summed E-state index contributed by atoms with van der Waals surface area (Å²) in [6, 6.07) is 0. The average Bonchev–Trinajstić information content (AvgIpc) is 2.31. The topological polar surface area (TPSA) is 121 Å². The second kappa shape index (κ2) is 8.21. The molecular weight excluding hydrogens is 286 g/mol. The summed E-state index contributed by atoms with van der Waals surface area (Å²) in [4.78, 5) is 22.9. The van der Waals surface area contributed by atoms with Crippen LogP contribution < -0.4 is 5.32 Å². The molecule has 0 aliphatic rings. The molecule has 0 bridgehead atoms. The van der Waals surface area contributed by atoms with Crippen molar-refractivity contribution in [1.82, 2.24) is 5.32 Å². The molecule has 1 atom stereocenters. The van der Waals surface area contributed by atoms with E-state index in [2.05, 4.69) is 5.32 Å². The molecule has 0 fully saturated rings. The summed E-state index contributed by atoms with van der Waals surface area (Å²) in [7, 11) is -4.89. The predicted molar refractivity (Wildman–Crippen MR) is 74.0 cm³/mol. The highest BCUT2D eigenvalue weighted by Crippen LogP contribution is 2.29. The number of carbonyl (C=O) groups is 2. The molecule has 1 amide bonds. The Morgan fingerprint density at radius 3 is 2.15 bits per heavy atom. The summed E-state index contributed by atoms with van der Waals surface area (Å²) in [5, 5.41) is 11.6. The Hall–Kier alpha value is -1.15. The summed E-state index contributed by atoms with van der Waals surface area (Å²) < 4.78 is 29.8. The zero-order chi connectivity index (χ0) is 15.8. The third-order valence-corrected chi connectivity index (χ3v) is 4.65. The van der Waals surface area contributed by atoms with Crippen molar-refractivity contribution in [3.05, 3.63) is 0 Å². The van der Waals surface area contributed by atoms with E-state index in [0.29, 0.717) is 12.8 Å². The van der Waals surface area contributed by atoms with Crippen LogP contribution in [0.2, 0.25) is 0 Å². The fraction of sp³-hybridized carbons (Fsp3) is 0.833. The van der Waals surface area contributed by atoms with Gasteiger partial charge in [-0.1, -0.05) is 32.6 Å². The first-order valence-corrected chi connectivity index (χ1v) is 8.12. The third kappa shape index (κ3) is 5.09. The second-order valence-corrected chi connectivity index (χ2v) is 6.45. The number of carboxylic acid groups (broad SMARTS) is 1. The van der Waals surface area contributed by atoms with Gasteiger partial charge in [0.05, 0.1) is 6.42 Å². The van der Waals surface area contributed by atoms with Crippen LogP contribution in [0, 0.1) is 0 Å². The van der Waals surface area contributed by atoms with Crippen molar-refractivity contribution in [2.75, 3.05) is 6.54 Å². The molecule has 0 aliphatic heterocycles. The maximum Gasteiger partial charge on any atom is 0.328 e. The molecule has 0 saturated carbocycles. The quantitative estimate of drug-likeness (QED) is 0.412. The van der Waals surface area contributed by atoms with Crippen molar-refractivity contribution in [2.45, 2.75) is 57.1 Å². The van der Waals surface area contributed by atoms with Crippen LogP contribution in [0.4, 0.5) is 0 Å². The molecule has 118 valence electrons. The first kappa shape index (κ1) is 18.9. The number of hydrogen-bond acceptors (Lipinski definition) is 4. The lowest BCUT2D eigenvalue weighted by Crippen LogP contribution is -2.49. The fourth-order valence-corrected chi connectivity index (χ4v) is 2.89. The van der Waals surface area contributed by atoms with Crippen molar-refractivity contribution in [3.8, 4) is 0 Å². The standard InChI is InChI=1S/C12H23NO6S/c1-3-5-6-7-8-12(11(15)16,20(17,18)19)9-10(14)13-4-2/h3-9H2,1-2H3,(H,13,14)(H,15,16)(H,17,18,19). The van der Waals surface area contributed by atoms with Gasteiger partial charge in [0.15, 0.2) is 0 Å². The zero-order valence-electron chi connectivity index (χ0n) is 11.9. The lowest BCUT2D eigenvalue weighted by atomic mass is 9.96. The lowest BCUT2D eigenvalue weighted by Gasteiger charge is -2.25. The minimum absolute atomic E-state index is 0.260. The van der Waals surface area contributed by atoms with E-state index in [9.17, 15) is 27.7 Å². The molecule has 0 rings (SSSR count). The molecule has 8 heteroatoms.